The van der Waals surface area contributed by atoms with Crippen LogP contribution < -0.4 is 26.6 Å². The van der Waals surface area contributed by atoms with E-state index in [1.165, 1.54) is 92.4 Å². The van der Waals surface area contributed by atoms with Crippen LogP contribution in [0.1, 0.15) is 212 Å². The van der Waals surface area contributed by atoms with Crippen molar-refractivity contribution < 1.29 is 77.6 Å². The summed E-state index contributed by atoms with van der Waals surface area (Å²) in [5.74, 6) is -8.36. The van der Waals surface area contributed by atoms with Crippen molar-refractivity contribution >= 4 is 88.8 Å². The van der Waals surface area contributed by atoms with Gasteiger partial charge < -0.3 is 66.4 Å². The van der Waals surface area contributed by atoms with Crippen molar-refractivity contribution in [1.29, 1.82) is 0 Å². The number of carboxylic acids is 2. The van der Waals surface area contributed by atoms with Crippen molar-refractivity contribution in [3.8, 4) is 0 Å². The van der Waals surface area contributed by atoms with Gasteiger partial charge in [0.1, 0.15) is 54.4 Å². The number of imide groups is 1. The van der Waals surface area contributed by atoms with E-state index in [1.807, 2.05) is 62.3 Å². The predicted molar refractivity (Wildman–Crippen MR) is 423 cm³/mol. The van der Waals surface area contributed by atoms with Gasteiger partial charge in [0.25, 0.3) is 5.91 Å². The number of benzene rings is 2. The number of carbonyl (C=O) groups is 13. The standard InChI is InChI=1S/C80H132N12O16S/c1-22-61(84-71(97)64(86(16)67(94)44-52(8)9)45-54(12)29-25-23-24-26-38-92(46-57-30-34-59(35-31-57)78(104)105)47-58-32-36-60(37-33-58)79(106)107)74(100)90(20)66(48-109-40-28-27-39-93)76(102)87(17)63(42-50(4)5)72(98)85-68(53(10)11)77(103)88(18)62(41-49(2)3)70(96)82-55(13)69(95)83-56(14)73(99)89(19)65(43-51(6)7)75(101)91(21)80(108)81-15/h30-37,49-56,61-66,68,93H,22-29,38-48H2,1-21H3,(H,81,108)(H,82,96)(H,83,95)(H,84,97)(H,85,98)(H,104,105)(H,106,107)/t54-,55-,56?,61+,62+,63+,64?,65+,66-,68+/m1/s1. The third-order valence-electron chi connectivity index (χ3n) is 19.6. The molecule has 0 aromatic heterocycles. The number of hydrogen-bond donors (Lipinski definition) is 8. The number of aliphatic hydroxyl groups excluding tert-OH is 1. The highest BCUT2D eigenvalue weighted by molar-refractivity contribution is 7.99. The van der Waals surface area contributed by atoms with Crippen molar-refractivity contribution in [3.05, 3.63) is 70.8 Å². The molecule has 2 unspecified atom stereocenters. The number of aromatic carboxylic acids is 2. The van der Waals surface area contributed by atoms with Crippen LogP contribution in [0.25, 0.3) is 0 Å². The number of thioether (sulfide) groups is 1. The number of aliphatic hydroxyl groups is 1. The van der Waals surface area contributed by atoms with Crippen molar-refractivity contribution in [1.82, 2.24) is 60.9 Å². The molecule has 8 N–H and O–H groups in total. The summed E-state index contributed by atoms with van der Waals surface area (Å²) in [4.78, 5) is 189. The van der Waals surface area contributed by atoms with E-state index in [2.05, 4.69) is 31.5 Å². The van der Waals surface area contributed by atoms with E-state index < -0.39 is 131 Å². The highest BCUT2D eigenvalue weighted by atomic mass is 32.2. The van der Waals surface area contributed by atoms with Gasteiger partial charge in [-0.2, -0.15) is 11.8 Å². The van der Waals surface area contributed by atoms with E-state index >= 15 is 4.79 Å². The molecule has 109 heavy (non-hydrogen) atoms. The largest absolute Gasteiger partial charge is 0.478 e. The molecule has 614 valence electrons. The Morgan fingerprint density at radius 2 is 0.899 bits per heavy atom. The zero-order chi connectivity index (χ0) is 82.9. The molecule has 12 amide bonds. The van der Waals surface area contributed by atoms with E-state index in [4.69, 9.17) is 0 Å². The summed E-state index contributed by atoms with van der Waals surface area (Å²) in [6.07, 6.45) is 6.34. The molecule has 0 saturated heterocycles. The van der Waals surface area contributed by atoms with Crippen LogP contribution in [0.4, 0.5) is 4.79 Å². The first kappa shape index (κ1) is 96.9. The zero-order valence-electron chi connectivity index (χ0n) is 68.9. The highest BCUT2D eigenvalue weighted by Crippen LogP contribution is 2.25. The topological polar surface area (TPSA) is 365 Å². The summed E-state index contributed by atoms with van der Waals surface area (Å²) in [5.41, 5.74) is 2.24. The summed E-state index contributed by atoms with van der Waals surface area (Å²) in [6, 6.07) is 2.49. The quantitative estimate of drug-likeness (QED) is 0.0294. The predicted octanol–water partition coefficient (Wildman–Crippen LogP) is 7.73. The molecular weight excluding hydrogens is 1420 g/mol. The Kier molecular flexibility index (Phi) is 43.1. The van der Waals surface area contributed by atoms with E-state index in [0.717, 1.165) is 48.1 Å². The molecule has 0 aliphatic rings. The van der Waals surface area contributed by atoms with E-state index in [1.54, 1.807) is 76.3 Å². The molecule has 2 aromatic carbocycles. The number of unbranched alkanes of at least 4 members (excludes halogenated alkanes) is 4. The number of nitrogens with zero attached hydrogens (tertiary/aromatic N) is 7. The molecule has 0 radical (unpaired) electrons. The van der Waals surface area contributed by atoms with Crippen LogP contribution in [0.2, 0.25) is 0 Å². The first-order valence-corrected chi connectivity index (χ1v) is 39.8. The second-order valence-electron chi connectivity index (χ2n) is 31.2. The Morgan fingerprint density at radius 3 is 1.37 bits per heavy atom. The summed E-state index contributed by atoms with van der Waals surface area (Å²) in [7, 11) is 10.1. The molecule has 0 saturated carbocycles. The maximum Gasteiger partial charge on any atom is 0.335 e. The molecule has 0 aliphatic carbocycles. The Hall–Kier alpha value is -8.18. The van der Waals surface area contributed by atoms with Crippen molar-refractivity contribution in [3.63, 3.8) is 0 Å². The van der Waals surface area contributed by atoms with Gasteiger partial charge in [0.05, 0.1) is 11.1 Å². The fraction of sp³-hybridized carbons (Fsp3) is 0.688. The van der Waals surface area contributed by atoms with Gasteiger partial charge in [0.15, 0.2) is 0 Å². The first-order chi connectivity index (χ1) is 51.0. The van der Waals surface area contributed by atoms with Crippen LogP contribution in [0.5, 0.6) is 0 Å². The van der Waals surface area contributed by atoms with E-state index in [-0.39, 0.29) is 91.1 Å². The molecule has 10 atom stereocenters. The number of hydrogen-bond acceptors (Lipinski definition) is 16. The van der Waals surface area contributed by atoms with Gasteiger partial charge in [0.2, 0.25) is 53.2 Å². The van der Waals surface area contributed by atoms with E-state index in [0.29, 0.717) is 44.6 Å². The number of carbonyl (C=O) groups excluding carboxylic acids is 11. The van der Waals surface area contributed by atoms with Gasteiger partial charge in [-0.3, -0.25) is 57.7 Å². The Labute approximate surface area is 652 Å². The minimum atomic E-state index is -1.24. The normalized spacial score (nSPS) is 14.3. The van der Waals surface area contributed by atoms with Crippen LogP contribution in [0.15, 0.2) is 48.5 Å². The number of nitrogens with one attached hydrogen (secondary N) is 5. The maximum atomic E-state index is 15.3. The molecule has 0 heterocycles. The molecular formula is C80H132N12O16S. The Bertz CT molecular complexity index is 3220. The minimum absolute atomic E-state index is 0.0108. The lowest BCUT2D eigenvalue weighted by Crippen LogP contribution is -2.62. The summed E-state index contributed by atoms with van der Waals surface area (Å²) < 4.78 is 0. The number of rotatable bonds is 49. The van der Waals surface area contributed by atoms with Gasteiger partial charge in [0, 0.05) is 81.2 Å². The third kappa shape index (κ3) is 32.4. The number of carboxylic acid groups (broad SMARTS) is 2. The van der Waals surface area contributed by atoms with Crippen molar-refractivity contribution in [2.24, 2.45) is 35.5 Å². The van der Waals surface area contributed by atoms with Crippen molar-refractivity contribution in [2.45, 2.75) is 248 Å². The second kappa shape index (κ2) is 48.5. The smallest absolute Gasteiger partial charge is 0.335 e. The monoisotopic (exact) mass is 1550 g/mol. The molecule has 2 rings (SSSR count). The van der Waals surface area contributed by atoms with E-state index in [9.17, 15) is 72.9 Å². The SMILES string of the molecule is CC[C@H](NC(=O)C(C[C@H](C)CCCCCCN(Cc1ccc(C(=O)O)cc1)Cc1ccc(C(=O)O)cc1)N(C)C(=O)CC(C)C)C(=O)N(C)[C@H](CSCCCCO)C(=O)N(C)[C@@H](CC(C)C)C(=O)N[C@H](C(=O)N(C)[C@@H](CC(C)C)C(=O)N[C@H](C)C(=O)NC(C)C(=O)N(C)[C@@H](CC(C)C)C(=O)N(C)C(=O)NC)C(C)C. The Morgan fingerprint density at radius 1 is 0.450 bits per heavy atom. The molecule has 0 aliphatic heterocycles. The lowest BCUT2D eigenvalue weighted by molar-refractivity contribution is -0.149. The summed E-state index contributed by atoms with van der Waals surface area (Å²) in [5, 5.41) is 42.1. The molecule has 28 nitrogen and oxygen atoms in total. The lowest BCUT2D eigenvalue weighted by atomic mass is 9.93. The third-order valence-corrected chi connectivity index (χ3v) is 20.7. The highest BCUT2D eigenvalue weighted by Gasteiger charge is 2.42. The molecule has 0 spiro atoms. The molecule has 2 aromatic rings. The average Bonchev–Trinajstić information content (AvgIpc) is 0.821. The lowest BCUT2D eigenvalue weighted by Gasteiger charge is -2.38. The second-order valence-corrected chi connectivity index (χ2v) is 32.4. The number of likely N-dealkylation sites (N-methyl/N-ethyl adjacent to an activating group) is 6. The zero-order valence-corrected chi connectivity index (χ0v) is 69.7. The fourth-order valence-electron chi connectivity index (χ4n) is 12.8. The van der Waals surface area contributed by atoms with Crippen LogP contribution in [0, 0.1) is 35.5 Å². The van der Waals surface area contributed by atoms with Crippen molar-refractivity contribution in [2.75, 3.05) is 74.0 Å². The molecule has 0 bridgehead atoms. The minimum Gasteiger partial charge on any atom is -0.478 e. The molecule has 29 heteroatoms. The van der Waals surface area contributed by atoms with Gasteiger partial charge in [-0.25, -0.2) is 14.4 Å². The summed E-state index contributed by atoms with van der Waals surface area (Å²) >= 11 is 1.38. The Balaban J connectivity index is 2.41. The fourth-order valence-corrected chi connectivity index (χ4v) is 14.0. The molecule has 0 fully saturated rings. The van der Waals surface area contributed by atoms with Gasteiger partial charge in [-0.15, -0.1) is 0 Å². The number of amides is 12. The summed E-state index contributed by atoms with van der Waals surface area (Å²) in [6.45, 7) is 26.8. The van der Waals surface area contributed by atoms with Crippen LogP contribution in [0.3, 0.4) is 0 Å². The maximum absolute atomic E-state index is 15.3. The van der Waals surface area contributed by atoms with Gasteiger partial charge in [-0.1, -0.05) is 133 Å². The van der Waals surface area contributed by atoms with Gasteiger partial charge >= 0.3 is 18.0 Å². The number of urea groups is 1. The van der Waals surface area contributed by atoms with Crippen LogP contribution in [-0.4, -0.2) is 255 Å². The van der Waals surface area contributed by atoms with Crippen LogP contribution >= 0.6 is 11.8 Å². The van der Waals surface area contributed by atoms with Crippen LogP contribution in [-0.2, 0) is 61.0 Å². The first-order valence-electron chi connectivity index (χ1n) is 38.6. The van der Waals surface area contributed by atoms with Gasteiger partial charge in [-0.05, 0) is 148 Å². The average molecular weight is 1550 g/mol.